The zero-order valence-corrected chi connectivity index (χ0v) is 14.5. The number of likely N-dealkylation sites (tertiary alicyclic amines) is 1. The second-order valence-corrected chi connectivity index (χ2v) is 8.18. The summed E-state index contributed by atoms with van der Waals surface area (Å²) in [5.74, 6) is 0.553. The molecule has 1 saturated heterocycles. The van der Waals surface area contributed by atoms with Gasteiger partial charge in [0.15, 0.2) is 4.34 Å². The van der Waals surface area contributed by atoms with Crippen LogP contribution in [0.1, 0.15) is 0 Å². The molecule has 0 bridgehead atoms. The van der Waals surface area contributed by atoms with E-state index in [-0.39, 0.29) is 12.0 Å². The average molecular weight is 363 g/mol. The second kappa shape index (κ2) is 6.46. The van der Waals surface area contributed by atoms with Gasteiger partial charge in [0.05, 0.1) is 29.1 Å². The third-order valence-corrected chi connectivity index (χ3v) is 6.30. The topological polar surface area (TPSA) is 55.3 Å². The molecule has 118 valence electrons. The highest BCUT2D eigenvalue weighted by Gasteiger charge is 2.32. The SMILES string of the molecule is O=C(CSc1nc2ccccc2s1)N1CC(Oc2nccs2)C1. The lowest BCUT2D eigenvalue weighted by Crippen LogP contribution is -2.56. The largest absolute Gasteiger partial charge is 0.463 e. The van der Waals surface area contributed by atoms with Crippen molar-refractivity contribution in [1.82, 2.24) is 14.9 Å². The predicted octanol–water partition coefficient (Wildman–Crippen LogP) is 3.13. The molecule has 1 aliphatic heterocycles. The van der Waals surface area contributed by atoms with Gasteiger partial charge in [-0.15, -0.1) is 11.3 Å². The molecule has 2 aromatic heterocycles. The number of carbonyl (C=O) groups excluding carboxylic acids is 1. The fourth-order valence-corrected chi connectivity index (χ4v) is 4.78. The molecule has 8 heteroatoms. The van der Waals surface area contributed by atoms with Crippen molar-refractivity contribution in [3.05, 3.63) is 35.8 Å². The molecule has 0 spiro atoms. The Labute approximate surface area is 145 Å². The van der Waals surface area contributed by atoms with E-state index in [4.69, 9.17) is 4.74 Å². The first-order chi connectivity index (χ1) is 11.3. The van der Waals surface area contributed by atoms with E-state index in [0.29, 0.717) is 24.0 Å². The number of amides is 1. The van der Waals surface area contributed by atoms with Gasteiger partial charge in [-0.3, -0.25) is 4.79 Å². The molecule has 1 aliphatic rings. The molecule has 3 heterocycles. The number of thiazole rings is 2. The van der Waals surface area contributed by atoms with Crippen LogP contribution in [0.3, 0.4) is 0 Å². The van der Waals surface area contributed by atoms with Crippen molar-refractivity contribution in [2.75, 3.05) is 18.8 Å². The normalized spacial score (nSPS) is 14.9. The quantitative estimate of drug-likeness (QED) is 0.652. The molecule has 3 aromatic rings. The summed E-state index contributed by atoms with van der Waals surface area (Å²) in [7, 11) is 0. The van der Waals surface area contributed by atoms with Crippen molar-refractivity contribution in [2.45, 2.75) is 10.4 Å². The first kappa shape index (κ1) is 14.9. The number of nitrogens with zero attached hydrogens (tertiary/aromatic N) is 3. The molecular formula is C15H13N3O2S3. The van der Waals surface area contributed by atoms with Gasteiger partial charge >= 0.3 is 0 Å². The van der Waals surface area contributed by atoms with E-state index in [1.54, 1.807) is 17.5 Å². The maximum absolute atomic E-state index is 12.2. The number of carbonyl (C=O) groups is 1. The minimum absolute atomic E-state index is 0.0672. The first-order valence-electron chi connectivity index (χ1n) is 7.10. The van der Waals surface area contributed by atoms with Crippen molar-refractivity contribution >= 4 is 50.6 Å². The Morgan fingerprint density at radius 1 is 1.39 bits per heavy atom. The summed E-state index contributed by atoms with van der Waals surface area (Å²) in [5, 5.41) is 2.55. The Morgan fingerprint density at radius 2 is 2.26 bits per heavy atom. The molecule has 0 radical (unpaired) electrons. The van der Waals surface area contributed by atoms with Crippen LogP contribution in [0.2, 0.25) is 0 Å². The highest BCUT2D eigenvalue weighted by Crippen LogP contribution is 2.30. The Hall–Kier alpha value is -1.64. The van der Waals surface area contributed by atoms with Crippen LogP contribution in [0, 0.1) is 0 Å². The van der Waals surface area contributed by atoms with Crippen LogP contribution in [0.15, 0.2) is 40.2 Å². The lowest BCUT2D eigenvalue weighted by Gasteiger charge is -2.38. The van der Waals surface area contributed by atoms with Crippen LogP contribution in [0.4, 0.5) is 0 Å². The first-order valence-corrected chi connectivity index (χ1v) is 9.78. The zero-order valence-electron chi connectivity index (χ0n) is 12.0. The van der Waals surface area contributed by atoms with Crippen molar-refractivity contribution < 1.29 is 9.53 Å². The van der Waals surface area contributed by atoms with Crippen LogP contribution >= 0.6 is 34.4 Å². The van der Waals surface area contributed by atoms with E-state index in [1.165, 1.54) is 23.1 Å². The van der Waals surface area contributed by atoms with Crippen LogP contribution in [0.5, 0.6) is 5.19 Å². The number of benzene rings is 1. The van der Waals surface area contributed by atoms with Crippen LogP contribution < -0.4 is 4.74 Å². The maximum atomic E-state index is 12.2. The molecule has 1 aromatic carbocycles. The highest BCUT2D eigenvalue weighted by molar-refractivity contribution is 8.01. The maximum Gasteiger partial charge on any atom is 0.273 e. The number of thioether (sulfide) groups is 1. The monoisotopic (exact) mass is 363 g/mol. The number of rotatable bonds is 5. The summed E-state index contributed by atoms with van der Waals surface area (Å²) in [6, 6.07) is 8.02. The summed E-state index contributed by atoms with van der Waals surface area (Å²) in [5.41, 5.74) is 0.994. The predicted molar refractivity (Wildman–Crippen MR) is 93.5 cm³/mol. The molecule has 0 unspecified atom stereocenters. The summed E-state index contributed by atoms with van der Waals surface area (Å²) >= 11 is 4.60. The third-order valence-electron chi connectivity index (χ3n) is 3.47. The lowest BCUT2D eigenvalue weighted by molar-refractivity contribution is -0.136. The van der Waals surface area contributed by atoms with Crippen molar-refractivity contribution in [1.29, 1.82) is 0 Å². The standard InChI is InChI=1S/C15H13N3O2S3/c19-13(18-7-10(8-18)20-14-16-5-6-21-14)9-22-15-17-11-3-1-2-4-12(11)23-15/h1-6,10H,7-9H2. The third kappa shape index (κ3) is 3.34. The van der Waals surface area contributed by atoms with E-state index >= 15 is 0 Å². The van der Waals surface area contributed by atoms with Gasteiger partial charge < -0.3 is 9.64 Å². The summed E-state index contributed by atoms with van der Waals surface area (Å²) in [4.78, 5) is 22.6. The minimum Gasteiger partial charge on any atom is -0.463 e. The number of para-hydroxylation sites is 1. The Balaban J connectivity index is 1.26. The van der Waals surface area contributed by atoms with Gasteiger partial charge in [-0.05, 0) is 12.1 Å². The zero-order chi connectivity index (χ0) is 15.6. The summed E-state index contributed by atoms with van der Waals surface area (Å²) in [6.45, 7) is 1.28. The smallest absolute Gasteiger partial charge is 0.273 e. The van der Waals surface area contributed by atoms with Gasteiger partial charge in [0.2, 0.25) is 5.91 Å². The number of hydrogen-bond donors (Lipinski definition) is 0. The van der Waals surface area contributed by atoms with Crippen molar-refractivity contribution in [3.8, 4) is 5.19 Å². The van der Waals surface area contributed by atoms with E-state index in [9.17, 15) is 4.79 Å². The van der Waals surface area contributed by atoms with Crippen LogP contribution in [-0.4, -0.2) is 45.7 Å². The van der Waals surface area contributed by atoms with Gasteiger partial charge in [0, 0.05) is 11.6 Å². The molecular weight excluding hydrogens is 350 g/mol. The molecule has 4 rings (SSSR count). The molecule has 0 atom stereocenters. The molecule has 0 saturated carbocycles. The Kier molecular flexibility index (Phi) is 4.19. The molecule has 1 amide bonds. The van der Waals surface area contributed by atoms with Crippen molar-refractivity contribution in [3.63, 3.8) is 0 Å². The average Bonchev–Trinajstić information content (AvgIpc) is 3.16. The molecule has 0 aliphatic carbocycles. The van der Waals surface area contributed by atoms with Crippen LogP contribution in [-0.2, 0) is 4.79 Å². The number of fused-ring (bicyclic) bond motifs is 1. The molecule has 23 heavy (non-hydrogen) atoms. The fourth-order valence-electron chi connectivity index (χ4n) is 2.26. The van der Waals surface area contributed by atoms with Gasteiger partial charge in [-0.2, -0.15) is 0 Å². The van der Waals surface area contributed by atoms with E-state index < -0.39 is 0 Å². The van der Waals surface area contributed by atoms with Gasteiger partial charge in [0.25, 0.3) is 5.19 Å². The highest BCUT2D eigenvalue weighted by atomic mass is 32.2. The Bertz CT molecular complexity index is 779. The Morgan fingerprint density at radius 3 is 3.04 bits per heavy atom. The van der Waals surface area contributed by atoms with Crippen LogP contribution in [0.25, 0.3) is 10.2 Å². The summed E-state index contributed by atoms with van der Waals surface area (Å²) < 4.78 is 7.77. The fraction of sp³-hybridized carbons (Fsp3) is 0.267. The molecule has 5 nitrogen and oxygen atoms in total. The number of aromatic nitrogens is 2. The van der Waals surface area contributed by atoms with E-state index in [0.717, 1.165) is 14.6 Å². The molecule has 0 N–H and O–H groups in total. The van der Waals surface area contributed by atoms with Gasteiger partial charge in [-0.25, -0.2) is 9.97 Å². The lowest BCUT2D eigenvalue weighted by atomic mass is 10.2. The van der Waals surface area contributed by atoms with E-state index in [2.05, 4.69) is 16.0 Å². The minimum atomic E-state index is 0.0672. The van der Waals surface area contributed by atoms with E-state index in [1.807, 2.05) is 28.5 Å². The second-order valence-electron chi connectivity index (χ2n) is 5.07. The van der Waals surface area contributed by atoms with Crippen molar-refractivity contribution in [2.24, 2.45) is 0 Å². The van der Waals surface area contributed by atoms with Gasteiger partial charge in [-0.1, -0.05) is 35.2 Å². The van der Waals surface area contributed by atoms with Gasteiger partial charge in [0.1, 0.15) is 6.10 Å². The number of hydrogen-bond acceptors (Lipinski definition) is 7. The molecule has 1 fully saturated rings. The number of ether oxygens (including phenoxy) is 1. The summed E-state index contributed by atoms with van der Waals surface area (Å²) in [6.07, 6.45) is 1.79.